The monoisotopic (exact) mass is 1000 g/mol. The van der Waals surface area contributed by atoms with Gasteiger partial charge in [0, 0.05) is 92.0 Å². The highest BCUT2D eigenvalue weighted by molar-refractivity contribution is 6.60. The summed E-state index contributed by atoms with van der Waals surface area (Å²) in [7, 11) is -2.76. The first kappa shape index (κ1) is 53.2. The van der Waals surface area contributed by atoms with Gasteiger partial charge < -0.3 is 33.5 Å². The van der Waals surface area contributed by atoms with Crippen LogP contribution in [0.3, 0.4) is 0 Å². The zero-order chi connectivity index (χ0) is 51.8. The van der Waals surface area contributed by atoms with E-state index in [-0.39, 0.29) is 35.5 Å². The SMILES string of the molecule is CCO[Si](CCCNC(=O)CCCC(=O)Nc1ccc(OC2=C(/C=C/C3=[N+](CC)c4ccc5ccccc5c4C3(C)C)CCC/C2=C\C=C2\N(CC)c3ccc4ccccc4c3C2(C)C)cc1)(OCC)OCC. The van der Waals surface area contributed by atoms with Gasteiger partial charge in [-0.05, 0) is 167 Å². The Labute approximate surface area is 435 Å². The summed E-state index contributed by atoms with van der Waals surface area (Å²) >= 11 is 0. The molecular weight excluding hydrogens is 925 g/mol. The van der Waals surface area contributed by atoms with Gasteiger partial charge in [0.25, 0.3) is 0 Å². The van der Waals surface area contributed by atoms with Gasteiger partial charge in [-0.15, -0.1) is 0 Å². The van der Waals surface area contributed by atoms with E-state index in [2.05, 4.69) is 159 Å². The molecule has 0 radical (unpaired) electrons. The minimum atomic E-state index is -2.76. The molecule has 384 valence electrons. The molecule has 73 heavy (non-hydrogen) atoms. The van der Waals surface area contributed by atoms with Crippen LogP contribution in [-0.4, -0.2) is 70.4 Å². The van der Waals surface area contributed by atoms with Crippen LogP contribution < -0.4 is 20.3 Å². The van der Waals surface area contributed by atoms with E-state index in [4.69, 9.17) is 18.0 Å². The number of anilines is 2. The van der Waals surface area contributed by atoms with Crippen molar-refractivity contribution in [2.45, 2.75) is 124 Å². The Morgan fingerprint density at radius 1 is 0.699 bits per heavy atom. The average molecular weight is 1000 g/mol. The van der Waals surface area contributed by atoms with E-state index in [9.17, 15) is 9.59 Å². The number of ether oxygens (including phenoxy) is 1. The van der Waals surface area contributed by atoms with Crippen molar-refractivity contribution in [2.75, 3.05) is 49.7 Å². The Morgan fingerprint density at radius 3 is 2.00 bits per heavy atom. The van der Waals surface area contributed by atoms with E-state index in [1.807, 2.05) is 45.0 Å². The molecule has 0 saturated heterocycles. The van der Waals surface area contributed by atoms with E-state index in [0.29, 0.717) is 56.7 Å². The van der Waals surface area contributed by atoms with Crippen molar-refractivity contribution in [2.24, 2.45) is 0 Å². The summed E-state index contributed by atoms with van der Waals surface area (Å²) in [6, 6.07) is 34.8. The highest BCUT2D eigenvalue weighted by Crippen LogP contribution is 2.51. The Morgan fingerprint density at radius 2 is 1.34 bits per heavy atom. The molecule has 8 rings (SSSR count). The summed E-state index contributed by atoms with van der Waals surface area (Å²) < 4.78 is 27.3. The maximum atomic E-state index is 13.1. The maximum Gasteiger partial charge on any atom is 0.500 e. The van der Waals surface area contributed by atoms with Gasteiger partial charge in [-0.1, -0.05) is 74.5 Å². The lowest BCUT2D eigenvalue weighted by atomic mass is 9.78. The number of hydrogen-bond acceptors (Lipinski definition) is 7. The predicted molar refractivity (Wildman–Crippen MR) is 301 cm³/mol. The fourth-order valence-electron chi connectivity index (χ4n) is 11.4. The molecule has 5 aromatic carbocycles. The predicted octanol–water partition coefficient (Wildman–Crippen LogP) is 13.8. The van der Waals surface area contributed by atoms with Gasteiger partial charge in [0.1, 0.15) is 18.1 Å². The Bertz CT molecular complexity index is 2970. The molecule has 2 aliphatic heterocycles. The van der Waals surface area contributed by atoms with Crippen LogP contribution >= 0.6 is 0 Å². The molecule has 0 spiro atoms. The number of amides is 2. The summed E-state index contributed by atoms with van der Waals surface area (Å²) in [5, 5.41) is 11.1. The van der Waals surface area contributed by atoms with Crippen LogP contribution in [0.5, 0.6) is 5.75 Å². The highest BCUT2D eigenvalue weighted by atomic mass is 28.4. The van der Waals surface area contributed by atoms with E-state index >= 15 is 0 Å². The first-order valence-electron chi connectivity index (χ1n) is 26.8. The number of likely N-dealkylation sites (N-methyl/N-ethyl adjacent to an activating group) is 1. The molecule has 2 N–H and O–H groups in total. The minimum Gasteiger partial charge on any atom is -0.457 e. The van der Waals surface area contributed by atoms with Crippen LogP contribution in [0.2, 0.25) is 6.04 Å². The second kappa shape index (κ2) is 23.4. The van der Waals surface area contributed by atoms with Crippen molar-refractivity contribution in [1.29, 1.82) is 0 Å². The highest BCUT2D eigenvalue weighted by Gasteiger charge is 2.45. The molecule has 2 heterocycles. The molecule has 11 heteroatoms. The standard InChI is InChI=1S/C62H76N4O6Si/c1-10-65-52-38-30-44-22-15-17-26-50(44)58(52)61(6,7)54(65)40-32-46-24-19-25-47(33-41-55-62(8,9)59-51-27-18-16-23-45(51)31-39-53(59)66(55)11-2)60(46)72-49-36-34-48(35-37-49)64-57(68)29-20-28-56(67)63-42-21-43-73(69-12-3,70-13-4)71-14-5/h15-18,22-23,26-27,30-41H,10-14,19-21,24-25,28-29,42-43H2,1-9H3,(H-,63,64,67,68)/p+1. The van der Waals surface area contributed by atoms with Crippen molar-refractivity contribution in [1.82, 2.24) is 5.32 Å². The quantitative estimate of drug-likeness (QED) is 0.0405. The molecule has 5 aromatic rings. The lowest BCUT2D eigenvalue weighted by Crippen LogP contribution is -2.46. The molecular formula is C62H77N4O6Si+. The fraction of sp³-hybridized carbons (Fsp3) is 0.403. The van der Waals surface area contributed by atoms with Gasteiger partial charge in [-0.25, -0.2) is 0 Å². The number of nitrogens with one attached hydrogen (secondary N) is 2. The van der Waals surface area contributed by atoms with Gasteiger partial charge in [0.2, 0.25) is 17.5 Å². The third kappa shape index (κ3) is 11.4. The number of carbonyl (C=O) groups is 2. The number of allylic oxidation sites excluding steroid dienone is 7. The van der Waals surface area contributed by atoms with Gasteiger partial charge in [-0.2, -0.15) is 4.58 Å². The van der Waals surface area contributed by atoms with Crippen LogP contribution in [0.25, 0.3) is 21.5 Å². The molecule has 0 saturated carbocycles. The van der Waals surface area contributed by atoms with Crippen molar-refractivity contribution < 1.29 is 32.2 Å². The lowest BCUT2D eigenvalue weighted by Gasteiger charge is -2.28. The number of fused-ring (bicyclic) bond motifs is 6. The van der Waals surface area contributed by atoms with Gasteiger partial charge >= 0.3 is 8.80 Å². The van der Waals surface area contributed by atoms with Crippen molar-refractivity contribution in [3.05, 3.63) is 155 Å². The molecule has 2 amide bonds. The molecule has 0 unspecified atom stereocenters. The van der Waals surface area contributed by atoms with E-state index in [1.54, 1.807) is 0 Å². The molecule has 0 aromatic heterocycles. The molecule has 10 nitrogen and oxygen atoms in total. The lowest BCUT2D eigenvalue weighted by molar-refractivity contribution is -0.433. The zero-order valence-corrected chi connectivity index (χ0v) is 45.8. The van der Waals surface area contributed by atoms with E-state index < -0.39 is 8.80 Å². The summed E-state index contributed by atoms with van der Waals surface area (Å²) in [4.78, 5) is 28.3. The van der Waals surface area contributed by atoms with Crippen LogP contribution in [-0.2, 0) is 33.7 Å². The summed E-state index contributed by atoms with van der Waals surface area (Å²) in [5.74, 6) is 1.34. The van der Waals surface area contributed by atoms with E-state index in [0.717, 1.165) is 49.3 Å². The zero-order valence-electron chi connectivity index (χ0n) is 44.8. The average Bonchev–Trinajstić information content (AvgIpc) is 3.75. The smallest absolute Gasteiger partial charge is 0.457 e. The first-order valence-corrected chi connectivity index (χ1v) is 28.8. The number of nitrogens with zero attached hydrogens (tertiary/aromatic N) is 2. The van der Waals surface area contributed by atoms with Crippen LogP contribution in [0.1, 0.15) is 118 Å². The Hall–Kier alpha value is -6.11. The topological polar surface area (TPSA) is 101 Å². The van der Waals surface area contributed by atoms with Crippen molar-refractivity contribution in [3.8, 4) is 5.75 Å². The van der Waals surface area contributed by atoms with Crippen molar-refractivity contribution in [3.63, 3.8) is 0 Å². The number of rotatable bonds is 22. The fourth-order valence-corrected chi connectivity index (χ4v) is 14.1. The van der Waals surface area contributed by atoms with Crippen LogP contribution in [0, 0.1) is 0 Å². The third-order valence-corrected chi connectivity index (χ3v) is 17.9. The normalized spacial score (nSPS) is 17.4. The molecule has 0 bridgehead atoms. The second-order valence-electron chi connectivity index (χ2n) is 20.2. The number of benzene rings is 5. The molecule has 0 fully saturated rings. The van der Waals surface area contributed by atoms with Gasteiger partial charge in [0.15, 0.2) is 5.71 Å². The maximum absolute atomic E-state index is 13.1. The van der Waals surface area contributed by atoms with Gasteiger partial charge in [0.05, 0.1) is 5.41 Å². The molecule has 0 atom stereocenters. The van der Waals surface area contributed by atoms with Crippen LogP contribution in [0.15, 0.2) is 144 Å². The van der Waals surface area contributed by atoms with Crippen LogP contribution in [0.4, 0.5) is 17.1 Å². The van der Waals surface area contributed by atoms with E-state index in [1.165, 1.54) is 55.5 Å². The van der Waals surface area contributed by atoms with Gasteiger partial charge in [-0.3, -0.25) is 9.59 Å². The van der Waals surface area contributed by atoms with Crippen molar-refractivity contribution >= 4 is 64.9 Å². The second-order valence-corrected chi connectivity index (χ2v) is 23.0. The largest absolute Gasteiger partial charge is 0.500 e. The number of hydrogen-bond donors (Lipinski definition) is 2. The molecule has 1 aliphatic carbocycles. The third-order valence-electron chi connectivity index (χ3n) is 14.7. The first-order chi connectivity index (χ1) is 35.3. The Balaban J connectivity index is 1.01. The number of carbonyl (C=O) groups excluding carboxylic acids is 2. The molecule has 3 aliphatic rings. The minimum absolute atomic E-state index is 0.0815. The summed E-state index contributed by atoms with van der Waals surface area (Å²) in [5.41, 5.74) is 10.4. The summed E-state index contributed by atoms with van der Waals surface area (Å²) in [6.45, 7) is 23.5. The Kier molecular flexibility index (Phi) is 17.0. The summed E-state index contributed by atoms with van der Waals surface area (Å²) in [6.07, 6.45) is 13.7.